The lowest BCUT2D eigenvalue weighted by atomic mass is 10.2. The molecule has 1 aromatic carbocycles. The fourth-order valence-corrected chi connectivity index (χ4v) is 2.03. The summed E-state index contributed by atoms with van der Waals surface area (Å²) in [7, 11) is 0. The zero-order chi connectivity index (χ0) is 15.4. The molecule has 0 radical (unpaired) electrons. The maximum Gasteiger partial charge on any atom is 0.319 e. The van der Waals surface area contributed by atoms with E-state index in [0.29, 0.717) is 22.0 Å². The Kier molecular flexibility index (Phi) is 4.51. The topological polar surface area (TPSA) is 78.1 Å². The number of benzene rings is 1. The highest BCUT2D eigenvalue weighted by molar-refractivity contribution is 6.32. The van der Waals surface area contributed by atoms with Gasteiger partial charge in [-0.25, -0.2) is 4.79 Å². The maximum absolute atomic E-state index is 11.9. The number of nitrogens with one attached hydrogen (secondary N) is 2. The van der Waals surface area contributed by atoms with Gasteiger partial charge >= 0.3 is 6.03 Å². The highest BCUT2D eigenvalue weighted by atomic mass is 35.5. The lowest BCUT2D eigenvalue weighted by Crippen LogP contribution is -2.30. The number of amides is 2. The number of hydrogen-bond acceptors (Lipinski definition) is 3. The molecule has 0 bridgehead atoms. The van der Waals surface area contributed by atoms with Crippen LogP contribution in [-0.4, -0.2) is 6.03 Å². The first kappa shape index (κ1) is 14.9. The molecule has 0 aliphatic carbocycles. The molecule has 1 aromatic heterocycles. The molecule has 5 nitrogen and oxygen atoms in total. The number of urea groups is 1. The Morgan fingerprint density at radius 2 is 2.14 bits per heavy atom. The van der Waals surface area contributed by atoms with Crippen LogP contribution in [0.5, 0.6) is 0 Å². The molecule has 0 aliphatic heterocycles. The molecule has 2 amide bonds. The summed E-state index contributed by atoms with van der Waals surface area (Å²) in [4.78, 5) is 11.9. The Labute approximate surface area is 127 Å². The second-order valence-corrected chi connectivity index (χ2v) is 4.98. The van der Waals surface area contributed by atoms with Crippen molar-refractivity contribution < 1.29 is 9.21 Å². The molecular formula is C15H14ClN3O2. The molecule has 108 valence electrons. The average molecular weight is 304 g/mol. The molecule has 2 aromatic rings. The standard InChI is InChI=1S/C15H14ClN3O2/c1-9-3-6-14(21-9)10(2)18-15(20)19-12-5-4-11(8-17)13(16)7-12/h3-7,10H,1-2H3,(H2,18,19,20)/t10-/m1/s1. The summed E-state index contributed by atoms with van der Waals surface area (Å²) in [5.74, 6) is 1.47. The molecule has 0 aliphatic rings. The number of carbonyl (C=O) groups excluding carboxylic acids is 1. The van der Waals surface area contributed by atoms with E-state index in [2.05, 4.69) is 10.6 Å². The van der Waals surface area contributed by atoms with Crippen molar-refractivity contribution in [1.29, 1.82) is 5.26 Å². The Morgan fingerprint density at radius 1 is 1.38 bits per heavy atom. The van der Waals surface area contributed by atoms with E-state index < -0.39 is 0 Å². The van der Waals surface area contributed by atoms with Gasteiger partial charge in [0, 0.05) is 5.69 Å². The van der Waals surface area contributed by atoms with E-state index in [-0.39, 0.29) is 12.1 Å². The van der Waals surface area contributed by atoms with Crippen molar-refractivity contribution in [2.75, 3.05) is 5.32 Å². The first-order valence-electron chi connectivity index (χ1n) is 6.33. The lowest BCUT2D eigenvalue weighted by Gasteiger charge is -2.13. The molecule has 0 spiro atoms. The smallest absolute Gasteiger partial charge is 0.319 e. The van der Waals surface area contributed by atoms with Crippen molar-refractivity contribution in [3.8, 4) is 6.07 Å². The lowest BCUT2D eigenvalue weighted by molar-refractivity contribution is 0.247. The van der Waals surface area contributed by atoms with Crippen LogP contribution in [0.25, 0.3) is 0 Å². The van der Waals surface area contributed by atoms with Crippen LogP contribution in [0.4, 0.5) is 10.5 Å². The summed E-state index contributed by atoms with van der Waals surface area (Å²) in [6.45, 7) is 3.67. The van der Waals surface area contributed by atoms with Gasteiger partial charge in [-0.15, -0.1) is 0 Å². The minimum Gasteiger partial charge on any atom is -0.464 e. The van der Waals surface area contributed by atoms with Crippen LogP contribution in [0.2, 0.25) is 5.02 Å². The molecular weight excluding hydrogens is 290 g/mol. The minimum absolute atomic E-state index is 0.257. The van der Waals surface area contributed by atoms with Crippen molar-refractivity contribution in [3.63, 3.8) is 0 Å². The molecule has 0 saturated carbocycles. The number of anilines is 1. The summed E-state index contributed by atoms with van der Waals surface area (Å²) in [5, 5.41) is 14.5. The van der Waals surface area contributed by atoms with E-state index in [9.17, 15) is 4.79 Å². The van der Waals surface area contributed by atoms with Crippen LogP contribution in [0.3, 0.4) is 0 Å². The molecule has 0 fully saturated rings. The summed E-state index contributed by atoms with van der Waals surface area (Å²) < 4.78 is 5.45. The molecule has 2 rings (SSSR count). The second-order valence-electron chi connectivity index (χ2n) is 4.57. The van der Waals surface area contributed by atoms with Crippen LogP contribution < -0.4 is 10.6 Å². The monoisotopic (exact) mass is 303 g/mol. The van der Waals surface area contributed by atoms with Crippen molar-refractivity contribution in [2.45, 2.75) is 19.9 Å². The number of aryl methyl sites for hydroxylation is 1. The maximum atomic E-state index is 11.9. The third kappa shape index (κ3) is 3.77. The van der Waals surface area contributed by atoms with Crippen LogP contribution in [0, 0.1) is 18.3 Å². The van der Waals surface area contributed by atoms with Gasteiger partial charge in [0.1, 0.15) is 17.6 Å². The fourth-order valence-electron chi connectivity index (χ4n) is 1.80. The van der Waals surface area contributed by atoms with Crippen LogP contribution >= 0.6 is 11.6 Å². The van der Waals surface area contributed by atoms with Crippen molar-refractivity contribution >= 4 is 23.3 Å². The van der Waals surface area contributed by atoms with E-state index in [1.807, 2.05) is 32.0 Å². The minimum atomic E-state index is -0.377. The van der Waals surface area contributed by atoms with E-state index in [1.54, 1.807) is 12.1 Å². The average Bonchev–Trinajstić information content (AvgIpc) is 2.85. The van der Waals surface area contributed by atoms with Gasteiger partial charge in [0.2, 0.25) is 0 Å². The fraction of sp³-hybridized carbons (Fsp3) is 0.200. The number of carbonyl (C=O) groups is 1. The van der Waals surface area contributed by atoms with Crippen molar-refractivity contribution in [1.82, 2.24) is 5.32 Å². The first-order chi connectivity index (χ1) is 9.99. The molecule has 6 heteroatoms. The largest absolute Gasteiger partial charge is 0.464 e. The molecule has 1 atom stereocenters. The predicted molar refractivity (Wildman–Crippen MR) is 80.2 cm³/mol. The zero-order valence-corrected chi connectivity index (χ0v) is 12.4. The Hall–Kier alpha value is -2.45. The van der Waals surface area contributed by atoms with Crippen molar-refractivity contribution in [2.24, 2.45) is 0 Å². The number of hydrogen-bond donors (Lipinski definition) is 2. The SMILES string of the molecule is Cc1ccc([C@@H](C)NC(=O)Nc2ccc(C#N)c(Cl)c2)o1. The zero-order valence-electron chi connectivity index (χ0n) is 11.6. The Morgan fingerprint density at radius 3 is 2.71 bits per heavy atom. The first-order valence-corrected chi connectivity index (χ1v) is 6.71. The number of halogens is 1. The van der Waals surface area contributed by atoms with Gasteiger partial charge in [-0.2, -0.15) is 5.26 Å². The third-order valence-electron chi connectivity index (χ3n) is 2.88. The summed E-state index contributed by atoms with van der Waals surface area (Å²) >= 11 is 5.91. The molecule has 1 heterocycles. The van der Waals surface area contributed by atoms with Gasteiger partial charge in [0.25, 0.3) is 0 Å². The number of nitrogens with zero attached hydrogens (tertiary/aromatic N) is 1. The number of furan rings is 1. The Bertz CT molecular complexity index is 703. The van der Waals surface area contributed by atoms with E-state index in [4.69, 9.17) is 21.3 Å². The molecule has 2 N–H and O–H groups in total. The van der Waals surface area contributed by atoms with Crippen molar-refractivity contribution in [3.05, 3.63) is 52.4 Å². The van der Waals surface area contributed by atoms with Gasteiger partial charge in [0.05, 0.1) is 16.6 Å². The predicted octanol–water partition coefficient (Wildman–Crippen LogP) is 4.00. The van der Waals surface area contributed by atoms with Gasteiger partial charge in [-0.05, 0) is 44.2 Å². The number of nitriles is 1. The van der Waals surface area contributed by atoms with Crippen LogP contribution in [-0.2, 0) is 0 Å². The Balaban J connectivity index is 1.99. The van der Waals surface area contributed by atoms with Crippen LogP contribution in [0.15, 0.2) is 34.7 Å². The van der Waals surface area contributed by atoms with Crippen LogP contribution in [0.1, 0.15) is 30.0 Å². The third-order valence-corrected chi connectivity index (χ3v) is 3.20. The molecule has 0 unspecified atom stereocenters. The van der Waals surface area contributed by atoms with E-state index in [0.717, 1.165) is 5.76 Å². The summed E-state index contributed by atoms with van der Waals surface area (Å²) in [6, 6.07) is 9.68. The van der Waals surface area contributed by atoms with E-state index in [1.165, 1.54) is 6.07 Å². The second kappa shape index (κ2) is 6.33. The highest BCUT2D eigenvalue weighted by Gasteiger charge is 2.13. The summed E-state index contributed by atoms with van der Waals surface area (Å²) in [5.41, 5.74) is 0.876. The highest BCUT2D eigenvalue weighted by Crippen LogP contribution is 2.20. The van der Waals surface area contributed by atoms with Gasteiger partial charge in [-0.3, -0.25) is 0 Å². The quantitative estimate of drug-likeness (QED) is 0.899. The van der Waals surface area contributed by atoms with Gasteiger partial charge in [0.15, 0.2) is 0 Å². The normalized spacial score (nSPS) is 11.5. The summed E-state index contributed by atoms with van der Waals surface area (Å²) in [6.07, 6.45) is 0. The molecule has 21 heavy (non-hydrogen) atoms. The van der Waals surface area contributed by atoms with Gasteiger partial charge in [-0.1, -0.05) is 11.6 Å². The molecule has 0 saturated heterocycles. The van der Waals surface area contributed by atoms with Gasteiger partial charge < -0.3 is 15.1 Å². The number of rotatable bonds is 3. The van der Waals surface area contributed by atoms with E-state index >= 15 is 0 Å².